The summed E-state index contributed by atoms with van der Waals surface area (Å²) in [6.45, 7) is 6.43. The maximum absolute atomic E-state index is 12.9. The van der Waals surface area contributed by atoms with Crippen molar-refractivity contribution in [2.24, 2.45) is 0 Å². The molecule has 0 aromatic carbocycles. The van der Waals surface area contributed by atoms with Crippen molar-refractivity contribution < 1.29 is 28.6 Å². The molecule has 1 unspecified atom stereocenters. The molecule has 0 saturated carbocycles. The number of unbranched alkanes of at least 4 members (excludes halogenated alkanes) is 21. The monoisotopic (exact) mass is 1040 g/mol. The summed E-state index contributed by atoms with van der Waals surface area (Å²) in [4.78, 5) is 38.3. The Morgan fingerprint density at radius 1 is 0.280 bits per heavy atom. The molecule has 0 spiro atoms. The van der Waals surface area contributed by atoms with Crippen LogP contribution in [-0.2, 0) is 28.6 Å². The second kappa shape index (κ2) is 62.1. The minimum atomic E-state index is -0.808. The zero-order valence-electron chi connectivity index (χ0n) is 48.5. The third-order valence-electron chi connectivity index (χ3n) is 12.6. The molecule has 6 nitrogen and oxygen atoms in total. The van der Waals surface area contributed by atoms with Crippen LogP contribution in [0.25, 0.3) is 0 Å². The van der Waals surface area contributed by atoms with Crippen LogP contribution >= 0.6 is 0 Å². The van der Waals surface area contributed by atoms with Gasteiger partial charge in [-0.3, -0.25) is 14.4 Å². The van der Waals surface area contributed by atoms with Crippen LogP contribution in [-0.4, -0.2) is 37.2 Å². The van der Waals surface area contributed by atoms with Crippen molar-refractivity contribution in [2.75, 3.05) is 13.2 Å². The zero-order chi connectivity index (χ0) is 54.3. The number of carbonyl (C=O) groups excluding carboxylic acids is 3. The van der Waals surface area contributed by atoms with Gasteiger partial charge in [0.2, 0.25) is 0 Å². The van der Waals surface area contributed by atoms with Crippen molar-refractivity contribution in [2.45, 2.75) is 271 Å². The predicted molar refractivity (Wildman–Crippen MR) is 325 cm³/mol. The van der Waals surface area contributed by atoms with Crippen molar-refractivity contribution in [3.8, 4) is 0 Å². The number of carbonyl (C=O) groups is 3. The zero-order valence-corrected chi connectivity index (χ0v) is 48.5. The second-order valence-electron chi connectivity index (χ2n) is 19.9. The van der Waals surface area contributed by atoms with E-state index in [2.05, 4.69) is 154 Å². The highest BCUT2D eigenvalue weighted by Gasteiger charge is 2.19. The molecule has 0 aromatic heterocycles. The average molecular weight is 1040 g/mol. The highest BCUT2D eigenvalue weighted by molar-refractivity contribution is 5.71. The Hall–Kier alpha value is -4.45. The lowest BCUT2D eigenvalue weighted by molar-refractivity contribution is -0.167. The Labute approximate surface area is 462 Å². The van der Waals surface area contributed by atoms with Gasteiger partial charge in [0.15, 0.2) is 6.10 Å². The molecule has 0 aliphatic heterocycles. The molecule has 1 atom stereocenters. The average Bonchev–Trinajstić information content (AvgIpc) is 3.41. The Morgan fingerprint density at radius 2 is 0.520 bits per heavy atom. The van der Waals surface area contributed by atoms with E-state index in [0.717, 1.165) is 148 Å². The number of hydrogen-bond acceptors (Lipinski definition) is 6. The van der Waals surface area contributed by atoms with E-state index in [-0.39, 0.29) is 31.1 Å². The highest BCUT2D eigenvalue weighted by atomic mass is 16.6. The molecule has 0 N–H and O–H groups in total. The van der Waals surface area contributed by atoms with E-state index in [1.807, 2.05) is 0 Å². The van der Waals surface area contributed by atoms with Gasteiger partial charge in [0.05, 0.1) is 0 Å². The first-order valence-electron chi connectivity index (χ1n) is 30.7. The van der Waals surface area contributed by atoms with Crippen LogP contribution in [0.3, 0.4) is 0 Å². The number of esters is 3. The molecular weight excluding hydrogens is 925 g/mol. The SMILES string of the molecule is CC/C=C\C/C=C\C/C=C\C/C=C\C/C=C\C/C=C\C/C=C\CCCCCC(=O)OCC(COC(=O)CCCCCCC/C=C\C/C=C\CCCCC)OC(=O)CCCCCCCCC/C=C\C/C=C\CCCCC. The number of ether oxygens (including phenoxy) is 3. The van der Waals surface area contributed by atoms with Gasteiger partial charge in [-0.15, -0.1) is 0 Å². The van der Waals surface area contributed by atoms with Crippen LogP contribution in [0, 0.1) is 0 Å². The molecule has 0 amide bonds. The van der Waals surface area contributed by atoms with Gasteiger partial charge in [-0.1, -0.05) is 238 Å². The lowest BCUT2D eigenvalue weighted by Crippen LogP contribution is -2.30. The minimum Gasteiger partial charge on any atom is -0.462 e. The molecule has 0 bridgehead atoms. The standard InChI is InChI=1S/C69H112O6/c1-4-7-10-13-16-19-22-25-28-30-31-32-33-34-35-36-37-39-41-44-47-50-53-56-59-62-68(71)74-65-66(64-73-67(70)61-58-55-52-49-46-43-40-27-24-21-18-15-12-9-6-3)75-69(72)63-60-57-54-51-48-45-42-38-29-26-23-20-17-14-11-8-5-2/h7,10,16-21,25-29,31-32,34-35,37,39-40,44,47,66H,4-6,8-9,11-15,22-24,30,33,36,38,41-43,45-46,48-65H2,1-3H3/b10-7-,19-16-,20-17-,21-18-,28-25-,29-26-,32-31-,35-34-,39-37-,40-27-,47-44-. The molecular formula is C69H112O6. The maximum atomic E-state index is 12.9. The van der Waals surface area contributed by atoms with Crippen molar-refractivity contribution >= 4 is 17.9 Å². The van der Waals surface area contributed by atoms with E-state index in [1.165, 1.54) is 77.0 Å². The summed E-state index contributed by atoms with van der Waals surface area (Å²) in [7, 11) is 0. The minimum absolute atomic E-state index is 0.103. The lowest BCUT2D eigenvalue weighted by atomic mass is 10.1. The van der Waals surface area contributed by atoms with Gasteiger partial charge in [-0.05, 0) is 141 Å². The van der Waals surface area contributed by atoms with Crippen LogP contribution in [0.15, 0.2) is 134 Å². The number of allylic oxidation sites excluding steroid dienone is 22. The van der Waals surface area contributed by atoms with Gasteiger partial charge < -0.3 is 14.2 Å². The summed E-state index contributed by atoms with van der Waals surface area (Å²) < 4.78 is 16.9. The van der Waals surface area contributed by atoms with E-state index >= 15 is 0 Å². The van der Waals surface area contributed by atoms with E-state index in [9.17, 15) is 14.4 Å². The van der Waals surface area contributed by atoms with E-state index in [4.69, 9.17) is 14.2 Å². The maximum Gasteiger partial charge on any atom is 0.306 e. The summed E-state index contributed by atoms with van der Waals surface area (Å²) >= 11 is 0. The molecule has 0 radical (unpaired) electrons. The van der Waals surface area contributed by atoms with Crippen molar-refractivity contribution in [1.82, 2.24) is 0 Å². The lowest BCUT2D eigenvalue weighted by Gasteiger charge is -2.18. The van der Waals surface area contributed by atoms with Crippen LogP contribution in [0.1, 0.15) is 265 Å². The Morgan fingerprint density at radius 3 is 0.827 bits per heavy atom. The number of hydrogen-bond donors (Lipinski definition) is 0. The van der Waals surface area contributed by atoms with Gasteiger partial charge >= 0.3 is 17.9 Å². The molecule has 0 rings (SSSR count). The summed E-state index contributed by atoms with van der Waals surface area (Å²) in [5.41, 5.74) is 0. The summed E-state index contributed by atoms with van der Waals surface area (Å²) in [6.07, 6.45) is 87.2. The molecule has 0 aromatic rings. The topological polar surface area (TPSA) is 78.9 Å². The summed E-state index contributed by atoms with van der Waals surface area (Å²) in [6, 6.07) is 0. The third-order valence-corrected chi connectivity index (χ3v) is 12.6. The molecule has 0 heterocycles. The normalized spacial score (nSPS) is 13.1. The van der Waals surface area contributed by atoms with Crippen LogP contribution in [0.2, 0.25) is 0 Å². The predicted octanol–water partition coefficient (Wildman–Crippen LogP) is 21.0. The largest absolute Gasteiger partial charge is 0.462 e. The van der Waals surface area contributed by atoms with E-state index in [1.54, 1.807) is 0 Å². The number of rotatable bonds is 54. The Balaban J connectivity index is 4.48. The molecule has 0 aliphatic rings. The van der Waals surface area contributed by atoms with E-state index in [0.29, 0.717) is 19.3 Å². The van der Waals surface area contributed by atoms with Gasteiger partial charge in [0, 0.05) is 19.3 Å². The van der Waals surface area contributed by atoms with Crippen molar-refractivity contribution in [3.63, 3.8) is 0 Å². The summed E-state index contributed by atoms with van der Waals surface area (Å²) in [5, 5.41) is 0. The fraction of sp³-hybridized carbons (Fsp3) is 0.638. The first-order chi connectivity index (χ1) is 37.0. The molecule has 6 heteroatoms. The molecule has 424 valence electrons. The molecule has 75 heavy (non-hydrogen) atoms. The molecule has 0 fully saturated rings. The van der Waals surface area contributed by atoms with Crippen molar-refractivity contribution in [1.29, 1.82) is 0 Å². The van der Waals surface area contributed by atoms with Gasteiger partial charge in [-0.2, -0.15) is 0 Å². The smallest absolute Gasteiger partial charge is 0.306 e. The highest BCUT2D eigenvalue weighted by Crippen LogP contribution is 2.14. The third kappa shape index (κ3) is 60.3. The second-order valence-corrected chi connectivity index (χ2v) is 19.9. The first-order valence-corrected chi connectivity index (χ1v) is 30.7. The molecule has 0 saturated heterocycles. The fourth-order valence-corrected chi connectivity index (χ4v) is 8.01. The first kappa shape index (κ1) is 70.5. The Bertz CT molecular complexity index is 1620. The van der Waals surface area contributed by atoms with Gasteiger partial charge in [-0.25, -0.2) is 0 Å². The quantitative estimate of drug-likeness (QED) is 0.0261. The van der Waals surface area contributed by atoms with Crippen molar-refractivity contribution in [3.05, 3.63) is 134 Å². The van der Waals surface area contributed by atoms with E-state index < -0.39 is 6.10 Å². The Kier molecular flexibility index (Phi) is 58.4. The van der Waals surface area contributed by atoms with Gasteiger partial charge in [0.25, 0.3) is 0 Å². The van der Waals surface area contributed by atoms with Crippen LogP contribution in [0.4, 0.5) is 0 Å². The summed E-state index contributed by atoms with van der Waals surface area (Å²) in [5.74, 6) is -0.958. The fourth-order valence-electron chi connectivity index (χ4n) is 8.01. The van der Waals surface area contributed by atoms with Crippen LogP contribution < -0.4 is 0 Å². The molecule has 0 aliphatic carbocycles. The van der Waals surface area contributed by atoms with Crippen LogP contribution in [0.5, 0.6) is 0 Å². The van der Waals surface area contributed by atoms with Gasteiger partial charge in [0.1, 0.15) is 13.2 Å².